The molecule has 0 aromatic heterocycles. The first-order chi connectivity index (χ1) is 12.4. The van der Waals surface area contributed by atoms with Crippen LogP contribution in [0.5, 0.6) is 0 Å². The van der Waals surface area contributed by atoms with Crippen molar-refractivity contribution in [2.45, 2.75) is 38.3 Å². The number of likely N-dealkylation sites (tertiary alicyclic amines) is 2. The normalized spacial score (nSPS) is 20.7. The number of rotatable bonds is 5. The summed E-state index contributed by atoms with van der Waals surface area (Å²) in [5.74, 6) is 0.124. The molecule has 26 heavy (non-hydrogen) atoms. The van der Waals surface area contributed by atoms with Gasteiger partial charge in [-0.1, -0.05) is 23.7 Å². The smallest absolute Gasteiger partial charge is 0.225 e. The van der Waals surface area contributed by atoms with Crippen molar-refractivity contribution in [1.29, 1.82) is 0 Å². The number of amides is 2. The topological polar surface area (TPSA) is 86.9 Å². The number of hydrogen-bond acceptors (Lipinski definition) is 4. The van der Waals surface area contributed by atoms with Gasteiger partial charge in [-0.3, -0.25) is 9.59 Å². The number of hydrogen-bond donors (Lipinski definition) is 2. The SMILES string of the molecule is NC[C@@H](O)CC(=O)N1CCC2(CC1)CC(=O)N(Cc1ccc(Cl)cc1)C2. The summed E-state index contributed by atoms with van der Waals surface area (Å²) in [5.41, 5.74) is 6.41. The molecule has 0 radical (unpaired) electrons. The van der Waals surface area contributed by atoms with E-state index in [-0.39, 0.29) is 30.2 Å². The fourth-order valence-electron chi connectivity index (χ4n) is 3.92. The van der Waals surface area contributed by atoms with E-state index in [4.69, 9.17) is 17.3 Å². The van der Waals surface area contributed by atoms with Crippen LogP contribution >= 0.6 is 11.6 Å². The van der Waals surface area contributed by atoms with Gasteiger partial charge in [0.1, 0.15) is 0 Å². The van der Waals surface area contributed by atoms with Crippen molar-refractivity contribution in [2.75, 3.05) is 26.2 Å². The van der Waals surface area contributed by atoms with Crippen LogP contribution in [0.15, 0.2) is 24.3 Å². The van der Waals surface area contributed by atoms with Crippen LogP contribution in [0.4, 0.5) is 0 Å². The molecular formula is C19H26ClN3O3. The zero-order valence-corrected chi connectivity index (χ0v) is 15.6. The van der Waals surface area contributed by atoms with Gasteiger partial charge in [-0.25, -0.2) is 0 Å². The van der Waals surface area contributed by atoms with Crippen molar-refractivity contribution in [3.05, 3.63) is 34.9 Å². The average Bonchev–Trinajstić information content (AvgIpc) is 2.92. The fraction of sp³-hybridized carbons (Fsp3) is 0.579. The Morgan fingerprint density at radius 1 is 1.27 bits per heavy atom. The first-order valence-electron chi connectivity index (χ1n) is 9.09. The summed E-state index contributed by atoms with van der Waals surface area (Å²) < 4.78 is 0. The second-order valence-corrected chi connectivity index (χ2v) is 7.96. The monoisotopic (exact) mass is 379 g/mol. The number of halogens is 1. The van der Waals surface area contributed by atoms with Crippen LogP contribution in [0.1, 0.15) is 31.2 Å². The number of piperidine rings is 1. The van der Waals surface area contributed by atoms with Gasteiger partial charge >= 0.3 is 0 Å². The lowest BCUT2D eigenvalue weighted by Crippen LogP contribution is -2.45. The van der Waals surface area contributed by atoms with Crippen molar-refractivity contribution in [3.8, 4) is 0 Å². The second kappa shape index (κ2) is 7.94. The molecular weight excluding hydrogens is 354 g/mol. The molecule has 2 heterocycles. The molecule has 2 aliphatic rings. The van der Waals surface area contributed by atoms with E-state index in [1.165, 1.54) is 0 Å². The molecule has 7 heteroatoms. The molecule has 1 atom stereocenters. The van der Waals surface area contributed by atoms with Crippen LogP contribution < -0.4 is 5.73 Å². The van der Waals surface area contributed by atoms with Crippen LogP contribution in [0.3, 0.4) is 0 Å². The van der Waals surface area contributed by atoms with E-state index in [2.05, 4.69) is 0 Å². The average molecular weight is 380 g/mol. The van der Waals surface area contributed by atoms with Gasteiger partial charge in [0.2, 0.25) is 11.8 Å². The summed E-state index contributed by atoms with van der Waals surface area (Å²) in [6.07, 6.45) is 1.49. The number of nitrogens with two attached hydrogens (primary N) is 1. The molecule has 0 bridgehead atoms. The minimum Gasteiger partial charge on any atom is -0.391 e. The lowest BCUT2D eigenvalue weighted by atomic mass is 9.77. The molecule has 2 aliphatic heterocycles. The van der Waals surface area contributed by atoms with E-state index >= 15 is 0 Å². The van der Waals surface area contributed by atoms with Gasteiger partial charge < -0.3 is 20.6 Å². The largest absolute Gasteiger partial charge is 0.391 e. The Hall–Kier alpha value is -1.63. The van der Waals surface area contributed by atoms with E-state index in [9.17, 15) is 14.7 Å². The zero-order chi connectivity index (χ0) is 18.7. The standard InChI is InChI=1S/C19H26ClN3O3/c20-15-3-1-14(2-4-15)12-23-13-19(10-18(23)26)5-7-22(8-6-19)17(25)9-16(24)11-21/h1-4,16,24H,5-13,21H2/t16-/m0/s1. The van der Waals surface area contributed by atoms with Crippen LogP contribution in [0, 0.1) is 5.41 Å². The van der Waals surface area contributed by atoms with Gasteiger partial charge in [0.15, 0.2) is 0 Å². The van der Waals surface area contributed by atoms with Gasteiger partial charge in [-0.15, -0.1) is 0 Å². The van der Waals surface area contributed by atoms with Gasteiger partial charge in [-0.2, -0.15) is 0 Å². The third-order valence-corrected chi connectivity index (χ3v) is 5.80. The molecule has 6 nitrogen and oxygen atoms in total. The number of aliphatic hydroxyl groups is 1. The molecule has 2 amide bonds. The van der Waals surface area contributed by atoms with Gasteiger partial charge in [0.25, 0.3) is 0 Å². The number of carbonyl (C=O) groups is 2. The second-order valence-electron chi connectivity index (χ2n) is 7.53. The Morgan fingerprint density at radius 2 is 1.92 bits per heavy atom. The van der Waals surface area contributed by atoms with Crippen LogP contribution in [-0.2, 0) is 16.1 Å². The molecule has 1 spiro atoms. The first kappa shape index (κ1) is 19.1. The van der Waals surface area contributed by atoms with E-state index in [0.717, 1.165) is 24.9 Å². The van der Waals surface area contributed by atoms with E-state index in [1.807, 2.05) is 29.2 Å². The van der Waals surface area contributed by atoms with E-state index in [0.29, 0.717) is 31.1 Å². The lowest BCUT2D eigenvalue weighted by molar-refractivity contribution is -0.135. The molecule has 142 valence electrons. The highest BCUT2D eigenvalue weighted by atomic mass is 35.5. The Bertz CT molecular complexity index is 656. The van der Waals surface area contributed by atoms with Crippen molar-refractivity contribution < 1.29 is 14.7 Å². The number of aliphatic hydroxyl groups excluding tert-OH is 1. The van der Waals surface area contributed by atoms with Crippen molar-refractivity contribution in [2.24, 2.45) is 11.1 Å². The lowest BCUT2D eigenvalue weighted by Gasteiger charge is -2.39. The summed E-state index contributed by atoms with van der Waals surface area (Å²) >= 11 is 5.92. The molecule has 0 saturated carbocycles. The highest BCUT2D eigenvalue weighted by Crippen LogP contribution is 2.41. The quantitative estimate of drug-likeness (QED) is 0.809. The first-order valence-corrected chi connectivity index (χ1v) is 9.47. The summed E-state index contributed by atoms with van der Waals surface area (Å²) in [5, 5.41) is 10.2. The van der Waals surface area contributed by atoms with Gasteiger partial charge in [0, 0.05) is 49.6 Å². The predicted molar refractivity (Wildman–Crippen MR) is 99.4 cm³/mol. The summed E-state index contributed by atoms with van der Waals surface area (Å²) in [6, 6.07) is 7.58. The molecule has 0 aliphatic carbocycles. The predicted octanol–water partition coefficient (Wildman–Crippen LogP) is 1.39. The molecule has 1 aromatic carbocycles. The maximum absolute atomic E-state index is 12.5. The zero-order valence-electron chi connectivity index (χ0n) is 14.9. The Morgan fingerprint density at radius 3 is 2.54 bits per heavy atom. The third-order valence-electron chi connectivity index (χ3n) is 5.55. The van der Waals surface area contributed by atoms with Crippen LogP contribution in [-0.4, -0.2) is 59.0 Å². The highest BCUT2D eigenvalue weighted by Gasteiger charge is 2.45. The van der Waals surface area contributed by atoms with E-state index in [1.54, 1.807) is 4.90 Å². The van der Waals surface area contributed by atoms with Crippen molar-refractivity contribution in [3.63, 3.8) is 0 Å². The summed E-state index contributed by atoms with van der Waals surface area (Å²) in [6.45, 7) is 2.71. The maximum Gasteiger partial charge on any atom is 0.225 e. The maximum atomic E-state index is 12.5. The van der Waals surface area contributed by atoms with Gasteiger partial charge in [0.05, 0.1) is 12.5 Å². The van der Waals surface area contributed by atoms with E-state index < -0.39 is 6.10 Å². The number of carbonyl (C=O) groups excluding carboxylic acids is 2. The Balaban J connectivity index is 1.55. The molecule has 1 aromatic rings. The van der Waals surface area contributed by atoms with Gasteiger partial charge in [-0.05, 0) is 30.5 Å². The number of benzene rings is 1. The van der Waals surface area contributed by atoms with Crippen LogP contribution in [0.25, 0.3) is 0 Å². The Labute approximate surface area is 158 Å². The summed E-state index contributed by atoms with van der Waals surface area (Å²) in [4.78, 5) is 28.4. The molecule has 3 rings (SSSR count). The number of nitrogens with zero attached hydrogens (tertiary/aromatic N) is 2. The fourth-order valence-corrected chi connectivity index (χ4v) is 4.04. The minimum absolute atomic E-state index is 0.0349. The molecule has 2 fully saturated rings. The molecule has 2 saturated heterocycles. The third kappa shape index (κ3) is 4.37. The van der Waals surface area contributed by atoms with Crippen molar-refractivity contribution >= 4 is 23.4 Å². The molecule has 0 unspecified atom stereocenters. The minimum atomic E-state index is -0.777. The molecule has 3 N–H and O–H groups in total. The van der Waals surface area contributed by atoms with Crippen molar-refractivity contribution in [1.82, 2.24) is 9.80 Å². The Kier molecular flexibility index (Phi) is 5.85. The highest BCUT2D eigenvalue weighted by molar-refractivity contribution is 6.30. The summed E-state index contributed by atoms with van der Waals surface area (Å²) in [7, 11) is 0. The van der Waals surface area contributed by atoms with Crippen LogP contribution in [0.2, 0.25) is 5.02 Å².